The fourth-order valence-corrected chi connectivity index (χ4v) is 5.45. The van der Waals surface area contributed by atoms with Crippen LogP contribution in [0.2, 0.25) is 0 Å². The molecule has 0 bridgehead atoms. The summed E-state index contributed by atoms with van der Waals surface area (Å²) in [5.74, 6) is -0.563. The predicted octanol–water partition coefficient (Wildman–Crippen LogP) is 1.72. The minimum absolute atomic E-state index is 0.0308. The van der Waals surface area contributed by atoms with Crippen molar-refractivity contribution in [1.82, 2.24) is 0 Å². The number of esters is 1. The van der Waals surface area contributed by atoms with E-state index in [0.29, 0.717) is 6.61 Å². The van der Waals surface area contributed by atoms with Crippen LogP contribution < -0.4 is 0 Å². The van der Waals surface area contributed by atoms with E-state index in [1.54, 1.807) is 0 Å². The van der Waals surface area contributed by atoms with Crippen molar-refractivity contribution in [2.45, 2.75) is 146 Å². The Balaban J connectivity index is 1.64. The summed E-state index contributed by atoms with van der Waals surface area (Å²) in [5.41, 5.74) is 0. The molecular weight excluding hydrogens is 668 g/mol. The van der Waals surface area contributed by atoms with Gasteiger partial charge in [-0.2, -0.15) is 0 Å². The van der Waals surface area contributed by atoms with Crippen LogP contribution in [0.15, 0.2) is 48.6 Å². The van der Waals surface area contributed by atoms with Gasteiger partial charge in [0.05, 0.1) is 26.4 Å². The lowest BCUT2D eigenvalue weighted by Gasteiger charge is -2.42. The molecule has 11 atom stereocenters. The number of rotatable bonds is 25. The van der Waals surface area contributed by atoms with E-state index < -0.39 is 86.7 Å². The van der Waals surface area contributed by atoms with Gasteiger partial charge in [-0.1, -0.05) is 74.8 Å². The van der Waals surface area contributed by atoms with Gasteiger partial charge < -0.3 is 64.2 Å². The molecule has 0 amide bonds. The first-order valence-electron chi connectivity index (χ1n) is 18.2. The predicted molar refractivity (Wildman–Crippen MR) is 187 cm³/mol. The van der Waals surface area contributed by atoms with Crippen LogP contribution in [0.25, 0.3) is 0 Å². The molecule has 2 heterocycles. The molecule has 0 aromatic heterocycles. The molecule has 51 heavy (non-hydrogen) atoms. The largest absolute Gasteiger partial charge is 0.458 e. The van der Waals surface area contributed by atoms with Crippen molar-refractivity contribution < 1.29 is 69.0 Å². The highest BCUT2D eigenvalue weighted by atomic mass is 16.7. The number of hydrogen-bond acceptors (Lipinski definition) is 14. The number of hydrogen-bond donors (Lipinski definition) is 7. The smallest absolute Gasteiger partial charge is 0.303 e. The Kier molecular flexibility index (Phi) is 23.6. The van der Waals surface area contributed by atoms with Gasteiger partial charge in [-0.05, 0) is 44.9 Å². The van der Waals surface area contributed by atoms with E-state index in [-0.39, 0.29) is 13.2 Å². The van der Waals surface area contributed by atoms with Crippen LogP contribution in [0.4, 0.5) is 0 Å². The first kappa shape index (κ1) is 45.1. The number of allylic oxidation sites excluding steroid dienone is 8. The van der Waals surface area contributed by atoms with Gasteiger partial charge in [-0.3, -0.25) is 4.79 Å². The third-order valence-corrected chi connectivity index (χ3v) is 8.40. The lowest BCUT2D eigenvalue weighted by atomic mass is 9.98. The van der Waals surface area contributed by atoms with E-state index in [1.807, 2.05) is 0 Å². The van der Waals surface area contributed by atoms with E-state index >= 15 is 0 Å². The van der Waals surface area contributed by atoms with Gasteiger partial charge in [0.25, 0.3) is 0 Å². The zero-order valence-corrected chi connectivity index (χ0v) is 30.1. The molecule has 14 nitrogen and oxygen atoms in total. The first-order chi connectivity index (χ1) is 24.6. The normalized spacial score (nSPS) is 31.0. The molecule has 0 spiro atoms. The molecular formula is C37H62O14. The third-order valence-electron chi connectivity index (χ3n) is 8.40. The second-order valence-electron chi connectivity index (χ2n) is 12.7. The lowest BCUT2D eigenvalue weighted by molar-refractivity contribution is -0.332. The quantitative estimate of drug-likeness (QED) is 0.0405. The first-order valence-corrected chi connectivity index (χ1v) is 18.2. The molecule has 0 saturated carbocycles. The Morgan fingerprint density at radius 2 is 1.18 bits per heavy atom. The van der Waals surface area contributed by atoms with Gasteiger partial charge >= 0.3 is 5.97 Å². The Bertz CT molecular complexity index is 1030. The molecule has 11 unspecified atom stereocenters. The average molecular weight is 731 g/mol. The molecule has 2 aliphatic heterocycles. The average Bonchev–Trinajstić information content (AvgIpc) is 3.11. The SMILES string of the molecule is CC/C=C\C/C=C\C/C=C\C/C=C\CCCCCCCOCC(COC1OC(COC2OC(CO)C(O)C(O)C2O)C(O)C(O)C1O)OC(C)=O. The highest BCUT2D eigenvalue weighted by Crippen LogP contribution is 2.26. The molecule has 7 N–H and O–H groups in total. The van der Waals surface area contributed by atoms with Crippen molar-refractivity contribution >= 4 is 5.97 Å². The summed E-state index contributed by atoms with van der Waals surface area (Å²) in [5, 5.41) is 70.8. The van der Waals surface area contributed by atoms with Gasteiger partial charge in [0.2, 0.25) is 0 Å². The van der Waals surface area contributed by atoms with E-state index in [2.05, 4.69) is 55.5 Å². The van der Waals surface area contributed by atoms with Crippen molar-refractivity contribution in [3.05, 3.63) is 48.6 Å². The van der Waals surface area contributed by atoms with Gasteiger partial charge in [-0.15, -0.1) is 0 Å². The summed E-state index contributed by atoms with van der Waals surface area (Å²) in [6, 6.07) is 0. The zero-order chi connectivity index (χ0) is 37.4. The Labute approximate surface area is 302 Å². The molecule has 2 fully saturated rings. The summed E-state index contributed by atoms with van der Waals surface area (Å²) < 4.78 is 32.9. The number of carbonyl (C=O) groups excluding carboxylic acids is 1. The number of aliphatic hydroxyl groups excluding tert-OH is 7. The van der Waals surface area contributed by atoms with Crippen molar-refractivity contribution in [3.63, 3.8) is 0 Å². The van der Waals surface area contributed by atoms with E-state index in [0.717, 1.165) is 64.2 Å². The molecule has 294 valence electrons. The van der Waals surface area contributed by atoms with Crippen molar-refractivity contribution in [3.8, 4) is 0 Å². The maximum Gasteiger partial charge on any atom is 0.303 e. The number of ether oxygens (including phenoxy) is 6. The minimum atomic E-state index is -1.70. The van der Waals surface area contributed by atoms with Gasteiger partial charge in [0, 0.05) is 13.5 Å². The maximum atomic E-state index is 11.7. The standard InChI is InChI=1S/C37H62O14/c1-3-4-5-6-7-8-9-10-11-12-13-14-15-16-17-18-19-20-21-46-23-27(49-26(2)39)24-47-36-35(45)33(43)31(41)29(51-36)25-48-37-34(44)32(42)30(40)28(22-38)50-37/h4-5,7-8,10-11,13-14,27-38,40-45H,3,6,9,12,15-25H2,1-2H3/b5-4-,8-7-,11-10-,14-13-. The van der Waals surface area contributed by atoms with Gasteiger partial charge in [0.15, 0.2) is 12.6 Å². The van der Waals surface area contributed by atoms with E-state index in [9.17, 15) is 40.5 Å². The van der Waals surface area contributed by atoms with Crippen LogP contribution in [0.5, 0.6) is 0 Å². The highest BCUT2D eigenvalue weighted by molar-refractivity contribution is 5.66. The van der Waals surface area contributed by atoms with Crippen LogP contribution in [0.1, 0.15) is 78.1 Å². The fraction of sp³-hybridized carbons (Fsp3) is 0.757. The Morgan fingerprint density at radius 3 is 1.78 bits per heavy atom. The molecule has 2 aliphatic rings. The Morgan fingerprint density at radius 1 is 0.647 bits per heavy atom. The second kappa shape index (κ2) is 26.7. The molecule has 0 aromatic carbocycles. The van der Waals surface area contributed by atoms with Crippen LogP contribution in [0, 0.1) is 0 Å². The second-order valence-corrected chi connectivity index (χ2v) is 12.7. The molecule has 0 radical (unpaired) electrons. The molecule has 2 rings (SSSR count). The topological polar surface area (TPSA) is 214 Å². The van der Waals surface area contributed by atoms with Crippen molar-refractivity contribution in [2.75, 3.05) is 33.0 Å². The summed E-state index contributed by atoms with van der Waals surface area (Å²) >= 11 is 0. The summed E-state index contributed by atoms with van der Waals surface area (Å²) in [4.78, 5) is 11.7. The molecule has 0 aliphatic carbocycles. The zero-order valence-electron chi connectivity index (χ0n) is 30.1. The molecule has 14 heteroatoms. The summed E-state index contributed by atoms with van der Waals surface area (Å²) in [6.45, 7) is 2.46. The monoisotopic (exact) mass is 730 g/mol. The molecule has 2 saturated heterocycles. The van der Waals surface area contributed by atoms with Gasteiger partial charge in [-0.25, -0.2) is 0 Å². The Hall–Kier alpha value is -2.05. The van der Waals surface area contributed by atoms with Crippen molar-refractivity contribution in [2.24, 2.45) is 0 Å². The van der Waals surface area contributed by atoms with Crippen LogP contribution in [0.3, 0.4) is 0 Å². The minimum Gasteiger partial charge on any atom is -0.458 e. The van der Waals surface area contributed by atoms with E-state index in [4.69, 9.17) is 28.4 Å². The third kappa shape index (κ3) is 17.6. The van der Waals surface area contributed by atoms with E-state index in [1.165, 1.54) is 6.92 Å². The maximum absolute atomic E-state index is 11.7. The van der Waals surface area contributed by atoms with Crippen LogP contribution in [-0.4, -0.2) is 142 Å². The number of carbonyl (C=O) groups is 1. The highest BCUT2D eigenvalue weighted by Gasteiger charge is 2.47. The van der Waals surface area contributed by atoms with Crippen LogP contribution in [-0.2, 0) is 33.2 Å². The van der Waals surface area contributed by atoms with Crippen LogP contribution >= 0.6 is 0 Å². The summed E-state index contributed by atoms with van der Waals surface area (Å²) in [6.07, 6.45) is 11.5. The fourth-order valence-electron chi connectivity index (χ4n) is 5.45. The number of aliphatic hydroxyl groups is 7. The van der Waals surface area contributed by atoms with Crippen molar-refractivity contribution in [1.29, 1.82) is 0 Å². The lowest BCUT2D eigenvalue weighted by Crippen LogP contribution is -2.61. The van der Waals surface area contributed by atoms with Gasteiger partial charge in [0.1, 0.15) is 54.9 Å². The number of unbranched alkanes of at least 4 members (excludes halogenated alkanes) is 5. The summed E-state index contributed by atoms with van der Waals surface area (Å²) in [7, 11) is 0. The molecule has 0 aromatic rings.